The Balaban J connectivity index is 1.96. The molecule has 92 valence electrons. The van der Waals surface area contributed by atoms with Gasteiger partial charge < -0.3 is 16.4 Å². The maximum Gasteiger partial charge on any atom is 0.227 e. The summed E-state index contributed by atoms with van der Waals surface area (Å²) in [4.78, 5) is 12.0. The molecular weight excluding hydrogens is 214 g/mol. The van der Waals surface area contributed by atoms with Gasteiger partial charge in [-0.3, -0.25) is 4.79 Å². The van der Waals surface area contributed by atoms with Gasteiger partial charge in [-0.05, 0) is 43.6 Å². The number of anilines is 1. The zero-order valence-electron chi connectivity index (χ0n) is 9.91. The van der Waals surface area contributed by atoms with Crippen molar-refractivity contribution in [3.63, 3.8) is 0 Å². The van der Waals surface area contributed by atoms with Crippen LogP contribution in [0.3, 0.4) is 0 Å². The molecule has 1 fully saturated rings. The number of nitrogens with one attached hydrogen (secondary N) is 2. The first kappa shape index (κ1) is 12.1. The minimum atomic E-state index is 0.126. The van der Waals surface area contributed by atoms with E-state index in [2.05, 4.69) is 10.6 Å². The number of rotatable bonds is 3. The lowest BCUT2D eigenvalue weighted by Gasteiger charge is -2.21. The molecule has 1 aromatic carbocycles. The van der Waals surface area contributed by atoms with Gasteiger partial charge in [-0.1, -0.05) is 12.1 Å². The summed E-state index contributed by atoms with van der Waals surface area (Å²) in [7, 11) is 0. The largest absolute Gasteiger partial charge is 0.326 e. The smallest absolute Gasteiger partial charge is 0.227 e. The van der Waals surface area contributed by atoms with E-state index in [4.69, 9.17) is 5.73 Å². The highest BCUT2D eigenvalue weighted by molar-refractivity contribution is 5.92. The molecular formula is C13H19N3O. The second-order valence-electron chi connectivity index (χ2n) is 4.42. The number of benzene rings is 1. The lowest BCUT2D eigenvalue weighted by atomic mass is 9.97. The standard InChI is InChI=1S/C13H19N3O/c14-9-10-2-1-3-12(8-10)16-13(17)11-4-6-15-7-5-11/h1-3,8,11,15H,4-7,9,14H2,(H,16,17). The summed E-state index contributed by atoms with van der Waals surface area (Å²) in [5, 5.41) is 6.22. The Labute approximate surface area is 102 Å². The van der Waals surface area contributed by atoms with Crippen LogP contribution in [-0.2, 0) is 11.3 Å². The lowest BCUT2D eigenvalue weighted by molar-refractivity contribution is -0.120. The van der Waals surface area contributed by atoms with Crippen LogP contribution in [0.1, 0.15) is 18.4 Å². The van der Waals surface area contributed by atoms with Crippen LogP contribution in [0.2, 0.25) is 0 Å². The van der Waals surface area contributed by atoms with Crippen molar-refractivity contribution >= 4 is 11.6 Å². The summed E-state index contributed by atoms with van der Waals surface area (Å²) < 4.78 is 0. The molecule has 0 spiro atoms. The molecule has 0 unspecified atom stereocenters. The summed E-state index contributed by atoms with van der Waals surface area (Å²) in [6.45, 7) is 2.36. The molecule has 1 amide bonds. The van der Waals surface area contributed by atoms with Crippen LogP contribution in [0.15, 0.2) is 24.3 Å². The van der Waals surface area contributed by atoms with Gasteiger partial charge in [0, 0.05) is 18.2 Å². The minimum absolute atomic E-state index is 0.126. The monoisotopic (exact) mass is 233 g/mol. The van der Waals surface area contributed by atoms with Crippen molar-refractivity contribution in [1.29, 1.82) is 0 Å². The molecule has 1 aromatic rings. The first-order valence-corrected chi connectivity index (χ1v) is 6.10. The van der Waals surface area contributed by atoms with Gasteiger partial charge in [-0.15, -0.1) is 0 Å². The van der Waals surface area contributed by atoms with Crippen LogP contribution in [-0.4, -0.2) is 19.0 Å². The van der Waals surface area contributed by atoms with Gasteiger partial charge in [0.1, 0.15) is 0 Å². The molecule has 1 heterocycles. The van der Waals surface area contributed by atoms with Crippen molar-refractivity contribution in [2.24, 2.45) is 11.7 Å². The Kier molecular flexibility index (Phi) is 4.12. The predicted octanol–water partition coefficient (Wildman–Crippen LogP) is 1.08. The SMILES string of the molecule is NCc1cccc(NC(=O)C2CCNCC2)c1. The third-order valence-electron chi connectivity index (χ3n) is 3.14. The second-order valence-corrected chi connectivity index (χ2v) is 4.42. The fraction of sp³-hybridized carbons (Fsp3) is 0.462. The maximum atomic E-state index is 12.0. The number of hydrogen-bond acceptors (Lipinski definition) is 3. The van der Waals surface area contributed by atoms with E-state index >= 15 is 0 Å². The molecule has 17 heavy (non-hydrogen) atoms. The average Bonchev–Trinajstić information content (AvgIpc) is 2.40. The van der Waals surface area contributed by atoms with E-state index < -0.39 is 0 Å². The highest BCUT2D eigenvalue weighted by atomic mass is 16.1. The topological polar surface area (TPSA) is 67.1 Å². The zero-order chi connectivity index (χ0) is 12.1. The fourth-order valence-corrected chi connectivity index (χ4v) is 2.10. The van der Waals surface area contributed by atoms with Gasteiger partial charge in [0.15, 0.2) is 0 Å². The Morgan fingerprint density at radius 1 is 1.41 bits per heavy atom. The number of hydrogen-bond donors (Lipinski definition) is 3. The minimum Gasteiger partial charge on any atom is -0.326 e. The Hall–Kier alpha value is -1.39. The molecule has 0 aliphatic carbocycles. The molecule has 1 aliphatic heterocycles. The van der Waals surface area contributed by atoms with Crippen molar-refractivity contribution in [2.45, 2.75) is 19.4 Å². The molecule has 1 aliphatic rings. The first-order valence-electron chi connectivity index (χ1n) is 6.10. The van der Waals surface area contributed by atoms with E-state index in [1.54, 1.807) is 0 Å². The Morgan fingerprint density at radius 2 is 2.18 bits per heavy atom. The number of nitrogens with two attached hydrogens (primary N) is 1. The summed E-state index contributed by atoms with van der Waals surface area (Å²) in [6, 6.07) is 7.71. The van der Waals surface area contributed by atoms with Gasteiger partial charge in [-0.2, -0.15) is 0 Å². The molecule has 4 nitrogen and oxygen atoms in total. The average molecular weight is 233 g/mol. The molecule has 2 rings (SSSR count). The van der Waals surface area contributed by atoms with Crippen LogP contribution in [0.4, 0.5) is 5.69 Å². The van der Waals surface area contributed by atoms with Crippen LogP contribution >= 0.6 is 0 Å². The van der Waals surface area contributed by atoms with E-state index in [0.717, 1.165) is 37.2 Å². The number of amides is 1. The van der Waals surface area contributed by atoms with E-state index in [-0.39, 0.29) is 11.8 Å². The maximum absolute atomic E-state index is 12.0. The summed E-state index contributed by atoms with van der Waals surface area (Å²) in [5.41, 5.74) is 7.45. The number of carbonyl (C=O) groups is 1. The van der Waals surface area contributed by atoms with Crippen LogP contribution in [0.25, 0.3) is 0 Å². The molecule has 0 radical (unpaired) electrons. The summed E-state index contributed by atoms with van der Waals surface area (Å²) in [5.74, 6) is 0.262. The van der Waals surface area contributed by atoms with Crippen LogP contribution in [0, 0.1) is 5.92 Å². The van der Waals surface area contributed by atoms with Crippen molar-refractivity contribution in [1.82, 2.24) is 5.32 Å². The summed E-state index contributed by atoms with van der Waals surface area (Å²) in [6.07, 6.45) is 1.84. The van der Waals surface area contributed by atoms with Crippen molar-refractivity contribution in [2.75, 3.05) is 18.4 Å². The highest BCUT2D eigenvalue weighted by Crippen LogP contribution is 2.16. The second kappa shape index (κ2) is 5.80. The third-order valence-corrected chi connectivity index (χ3v) is 3.14. The quantitative estimate of drug-likeness (QED) is 0.732. The molecule has 0 atom stereocenters. The molecule has 0 aromatic heterocycles. The van der Waals surface area contributed by atoms with E-state index in [9.17, 15) is 4.79 Å². The third kappa shape index (κ3) is 3.28. The number of piperidine rings is 1. The van der Waals surface area contributed by atoms with Crippen LogP contribution < -0.4 is 16.4 Å². The van der Waals surface area contributed by atoms with Crippen molar-refractivity contribution < 1.29 is 4.79 Å². The summed E-state index contributed by atoms with van der Waals surface area (Å²) >= 11 is 0. The van der Waals surface area contributed by atoms with Gasteiger partial charge in [0.05, 0.1) is 0 Å². The lowest BCUT2D eigenvalue weighted by Crippen LogP contribution is -2.34. The number of carbonyl (C=O) groups excluding carboxylic acids is 1. The normalized spacial score (nSPS) is 16.8. The predicted molar refractivity (Wildman–Crippen MR) is 68.6 cm³/mol. The molecule has 4 N–H and O–H groups in total. The van der Waals surface area contributed by atoms with Gasteiger partial charge in [-0.25, -0.2) is 0 Å². The Bertz CT molecular complexity index is 386. The van der Waals surface area contributed by atoms with Crippen molar-refractivity contribution in [3.05, 3.63) is 29.8 Å². The van der Waals surface area contributed by atoms with Gasteiger partial charge in [0.2, 0.25) is 5.91 Å². The molecule has 0 bridgehead atoms. The van der Waals surface area contributed by atoms with Crippen LogP contribution in [0.5, 0.6) is 0 Å². The van der Waals surface area contributed by atoms with E-state index in [1.165, 1.54) is 0 Å². The Morgan fingerprint density at radius 3 is 2.88 bits per heavy atom. The zero-order valence-corrected chi connectivity index (χ0v) is 9.91. The van der Waals surface area contributed by atoms with Gasteiger partial charge in [0.25, 0.3) is 0 Å². The fourth-order valence-electron chi connectivity index (χ4n) is 2.10. The van der Waals surface area contributed by atoms with E-state index in [1.807, 2.05) is 24.3 Å². The molecule has 4 heteroatoms. The first-order chi connectivity index (χ1) is 8.29. The molecule has 0 saturated carbocycles. The van der Waals surface area contributed by atoms with E-state index in [0.29, 0.717) is 6.54 Å². The highest BCUT2D eigenvalue weighted by Gasteiger charge is 2.20. The molecule has 1 saturated heterocycles. The van der Waals surface area contributed by atoms with Gasteiger partial charge >= 0.3 is 0 Å². The van der Waals surface area contributed by atoms with Crippen molar-refractivity contribution in [3.8, 4) is 0 Å².